The van der Waals surface area contributed by atoms with Gasteiger partial charge in [0.05, 0.1) is 25.4 Å². The van der Waals surface area contributed by atoms with Gasteiger partial charge in [0.25, 0.3) is 0 Å². The van der Waals surface area contributed by atoms with E-state index in [0.717, 1.165) is 6.92 Å². The predicted molar refractivity (Wildman–Crippen MR) is 143 cm³/mol. The van der Waals surface area contributed by atoms with Crippen LogP contribution in [-0.2, 0) is 38.0 Å². The summed E-state index contributed by atoms with van der Waals surface area (Å²) in [6, 6.07) is -1.51. The Labute approximate surface area is 262 Å². The molecule has 46 heavy (non-hydrogen) atoms. The largest absolute Gasteiger partial charge is 0.394 e. The van der Waals surface area contributed by atoms with E-state index < -0.39 is 142 Å². The lowest BCUT2D eigenvalue weighted by Gasteiger charge is -2.50. The van der Waals surface area contributed by atoms with Gasteiger partial charge in [-0.2, -0.15) is 0 Å². The first-order valence-electron chi connectivity index (χ1n) is 14.8. The van der Waals surface area contributed by atoms with Crippen LogP contribution in [0.1, 0.15) is 20.8 Å². The molecule has 0 aromatic carbocycles. The molecule has 0 aliphatic carbocycles. The standard InChI is InChI=1S/C26H45NO19/c1-6-12(31)15(34)18(37)24(40-6)45-21-11(27-8(3)30)23(39)42-10(5-29)20(21)44-26-22(17(36)14(33)9(4-28)43-26)46-25-19(38)16(35)13(32)7(2)41-25/h6-7,9-26,28-29,31-39H,4-5H2,1-3H3,(H,27,30). The molecule has 0 bridgehead atoms. The fourth-order valence-electron chi connectivity index (χ4n) is 5.81. The van der Waals surface area contributed by atoms with Gasteiger partial charge in [-0.25, -0.2) is 0 Å². The maximum atomic E-state index is 12.1. The minimum atomic E-state index is -1.92. The first-order valence-corrected chi connectivity index (χ1v) is 14.8. The van der Waals surface area contributed by atoms with Gasteiger partial charge in [-0.05, 0) is 13.8 Å². The minimum absolute atomic E-state index is 0.691. The quantitative estimate of drug-likeness (QED) is 0.108. The van der Waals surface area contributed by atoms with Crippen molar-refractivity contribution in [3.63, 3.8) is 0 Å². The van der Waals surface area contributed by atoms with E-state index in [1.54, 1.807) is 0 Å². The molecule has 4 fully saturated rings. The van der Waals surface area contributed by atoms with E-state index in [1.807, 2.05) is 0 Å². The fraction of sp³-hybridized carbons (Fsp3) is 0.962. The topological polar surface area (TPSA) is 316 Å². The maximum absolute atomic E-state index is 12.1. The van der Waals surface area contributed by atoms with Gasteiger partial charge in [0.1, 0.15) is 85.4 Å². The molecule has 20 heteroatoms. The third-order valence-electron chi connectivity index (χ3n) is 8.53. The number of nitrogens with one attached hydrogen (secondary N) is 1. The number of hydrogen-bond donors (Lipinski definition) is 12. The molecule has 0 radical (unpaired) electrons. The second-order valence-electron chi connectivity index (χ2n) is 11.8. The van der Waals surface area contributed by atoms with Crippen molar-refractivity contribution in [2.75, 3.05) is 13.2 Å². The zero-order valence-corrected chi connectivity index (χ0v) is 25.1. The van der Waals surface area contributed by atoms with Gasteiger partial charge >= 0.3 is 0 Å². The Balaban J connectivity index is 1.68. The Bertz CT molecular complexity index is 997. The zero-order chi connectivity index (χ0) is 34.2. The molecule has 0 aromatic heterocycles. The van der Waals surface area contributed by atoms with Crippen LogP contribution in [0.4, 0.5) is 0 Å². The Hall–Kier alpha value is -1.25. The van der Waals surface area contributed by atoms with Crippen molar-refractivity contribution < 1.29 is 94.1 Å². The van der Waals surface area contributed by atoms with Crippen molar-refractivity contribution in [1.82, 2.24) is 5.32 Å². The normalized spacial score (nSPS) is 51.9. The van der Waals surface area contributed by atoms with Crippen molar-refractivity contribution in [2.24, 2.45) is 0 Å². The molecule has 0 saturated carbocycles. The second-order valence-corrected chi connectivity index (χ2v) is 11.8. The number of aliphatic hydroxyl groups is 11. The number of carbonyl (C=O) groups excluding carboxylic acids is 1. The molecule has 20 atom stereocenters. The highest BCUT2D eigenvalue weighted by Crippen LogP contribution is 2.35. The summed E-state index contributed by atoms with van der Waals surface area (Å²) in [7, 11) is 0. The molecule has 4 aliphatic rings. The lowest BCUT2D eigenvalue weighted by Crippen LogP contribution is -2.70. The molecule has 4 saturated heterocycles. The van der Waals surface area contributed by atoms with Crippen LogP contribution in [0.3, 0.4) is 0 Å². The monoisotopic (exact) mass is 675 g/mol. The van der Waals surface area contributed by atoms with Crippen LogP contribution < -0.4 is 5.32 Å². The summed E-state index contributed by atoms with van der Waals surface area (Å²) < 4.78 is 39.8. The molecule has 4 aliphatic heterocycles. The fourth-order valence-corrected chi connectivity index (χ4v) is 5.81. The van der Waals surface area contributed by atoms with Crippen molar-refractivity contribution in [3.05, 3.63) is 0 Å². The SMILES string of the molecule is CC(=O)NC1C(O)OC(CO)C(OC2OC(CO)C(O)C(O)C2OC2OC(C)C(O)C(O)C2O)C1OC1OC(C)C(O)C(O)C1O. The molecule has 20 nitrogen and oxygen atoms in total. The van der Waals surface area contributed by atoms with Crippen LogP contribution in [0.15, 0.2) is 0 Å². The van der Waals surface area contributed by atoms with Gasteiger partial charge in [-0.1, -0.05) is 0 Å². The van der Waals surface area contributed by atoms with E-state index in [2.05, 4.69) is 5.32 Å². The highest BCUT2D eigenvalue weighted by molar-refractivity contribution is 5.73. The summed E-state index contributed by atoms with van der Waals surface area (Å²) >= 11 is 0. The molecular weight excluding hydrogens is 630 g/mol. The van der Waals surface area contributed by atoms with Gasteiger partial charge in [0, 0.05) is 6.92 Å². The number of hydrogen-bond acceptors (Lipinski definition) is 19. The van der Waals surface area contributed by atoms with Gasteiger partial charge in [-0.3, -0.25) is 4.79 Å². The van der Waals surface area contributed by atoms with Crippen LogP contribution >= 0.6 is 0 Å². The van der Waals surface area contributed by atoms with Crippen LogP contribution in [-0.4, -0.2) is 198 Å². The third-order valence-corrected chi connectivity index (χ3v) is 8.53. The second kappa shape index (κ2) is 15.5. The molecule has 0 spiro atoms. The third kappa shape index (κ3) is 7.64. The van der Waals surface area contributed by atoms with Gasteiger partial charge in [0.2, 0.25) is 5.91 Å². The lowest BCUT2D eigenvalue weighted by atomic mass is 9.94. The van der Waals surface area contributed by atoms with Crippen LogP contribution in [0.2, 0.25) is 0 Å². The Kier molecular flexibility index (Phi) is 12.7. The molecule has 1 amide bonds. The van der Waals surface area contributed by atoms with Crippen LogP contribution in [0.5, 0.6) is 0 Å². The van der Waals surface area contributed by atoms with Crippen LogP contribution in [0.25, 0.3) is 0 Å². The summed E-state index contributed by atoms with van der Waals surface area (Å²) in [5, 5.41) is 117. The molecule has 12 N–H and O–H groups in total. The predicted octanol–water partition coefficient (Wildman–Crippen LogP) is -7.55. The first kappa shape index (κ1) is 37.6. The molecule has 268 valence electrons. The number of rotatable bonds is 9. The van der Waals surface area contributed by atoms with E-state index in [-0.39, 0.29) is 0 Å². The van der Waals surface area contributed by atoms with Gasteiger partial charge in [0.15, 0.2) is 25.2 Å². The summed E-state index contributed by atoms with van der Waals surface area (Å²) in [6.07, 6.45) is -31.2. The number of aliphatic hydroxyl groups excluding tert-OH is 11. The molecule has 4 heterocycles. The van der Waals surface area contributed by atoms with E-state index in [0.29, 0.717) is 0 Å². The van der Waals surface area contributed by atoms with E-state index in [9.17, 15) is 61.0 Å². The summed E-state index contributed by atoms with van der Waals surface area (Å²) in [6.45, 7) is 2.15. The molecule has 4 rings (SSSR count). The zero-order valence-electron chi connectivity index (χ0n) is 25.1. The highest BCUT2D eigenvalue weighted by atomic mass is 16.8. The van der Waals surface area contributed by atoms with Gasteiger partial charge < -0.3 is 94.6 Å². The van der Waals surface area contributed by atoms with Crippen molar-refractivity contribution >= 4 is 5.91 Å². The Morgan fingerprint density at radius 1 is 0.565 bits per heavy atom. The number of ether oxygens (including phenoxy) is 7. The Morgan fingerprint density at radius 3 is 1.52 bits per heavy atom. The van der Waals surface area contributed by atoms with Crippen molar-refractivity contribution in [1.29, 1.82) is 0 Å². The maximum Gasteiger partial charge on any atom is 0.217 e. The number of amides is 1. The molecule has 20 unspecified atom stereocenters. The number of carbonyl (C=O) groups is 1. The van der Waals surface area contributed by atoms with Crippen molar-refractivity contribution in [2.45, 2.75) is 144 Å². The van der Waals surface area contributed by atoms with Crippen LogP contribution in [0, 0.1) is 0 Å². The van der Waals surface area contributed by atoms with Gasteiger partial charge in [-0.15, -0.1) is 0 Å². The lowest BCUT2D eigenvalue weighted by molar-refractivity contribution is -0.391. The Morgan fingerprint density at radius 2 is 1.04 bits per heavy atom. The smallest absolute Gasteiger partial charge is 0.217 e. The summed E-state index contributed by atoms with van der Waals surface area (Å²) in [4.78, 5) is 12.1. The molecule has 0 aromatic rings. The average molecular weight is 676 g/mol. The van der Waals surface area contributed by atoms with Crippen molar-refractivity contribution in [3.8, 4) is 0 Å². The highest BCUT2D eigenvalue weighted by Gasteiger charge is 2.55. The average Bonchev–Trinajstić information content (AvgIpc) is 3.01. The van der Waals surface area contributed by atoms with E-state index in [4.69, 9.17) is 33.2 Å². The first-order chi connectivity index (χ1) is 21.6. The molecular formula is C26H45NO19. The summed E-state index contributed by atoms with van der Waals surface area (Å²) in [5.41, 5.74) is 0. The minimum Gasteiger partial charge on any atom is -0.394 e. The summed E-state index contributed by atoms with van der Waals surface area (Å²) in [5.74, 6) is -0.691. The van der Waals surface area contributed by atoms with E-state index >= 15 is 0 Å². The van der Waals surface area contributed by atoms with E-state index in [1.165, 1.54) is 13.8 Å².